The number of aryl methyl sites for hydroxylation is 1. The smallest absolute Gasteiger partial charge is 0.222 e. The Labute approximate surface area is 153 Å². The lowest BCUT2D eigenvalue weighted by Crippen LogP contribution is -2.37. The van der Waals surface area contributed by atoms with Crippen LogP contribution in [0.2, 0.25) is 0 Å². The maximum absolute atomic E-state index is 13.2. The summed E-state index contributed by atoms with van der Waals surface area (Å²) < 4.78 is 15.2. The van der Waals surface area contributed by atoms with Gasteiger partial charge in [-0.1, -0.05) is 45.0 Å². The molecule has 0 spiro atoms. The summed E-state index contributed by atoms with van der Waals surface area (Å²) in [5.41, 5.74) is 2.66. The third-order valence-electron chi connectivity index (χ3n) is 4.48. The minimum Gasteiger partial charge on any atom is -0.349 e. The molecule has 0 aliphatic rings. The summed E-state index contributed by atoms with van der Waals surface area (Å²) in [7, 11) is 0. The number of hydrogen-bond donors (Lipinski definition) is 1. The highest BCUT2D eigenvalue weighted by atomic mass is 19.1. The van der Waals surface area contributed by atoms with E-state index in [1.165, 1.54) is 12.1 Å². The largest absolute Gasteiger partial charge is 0.349 e. The number of hydrogen-bond acceptors (Lipinski definition) is 2. The first-order chi connectivity index (χ1) is 12.3. The molecule has 1 aromatic heterocycles. The van der Waals surface area contributed by atoms with E-state index in [-0.39, 0.29) is 23.2 Å². The van der Waals surface area contributed by atoms with Gasteiger partial charge in [-0.25, -0.2) is 9.37 Å². The zero-order valence-electron chi connectivity index (χ0n) is 15.4. The van der Waals surface area contributed by atoms with Gasteiger partial charge in [0.05, 0.1) is 23.4 Å². The van der Waals surface area contributed by atoms with Crippen LogP contribution in [0.4, 0.5) is 4.39 Å². The molecule has 3 rings (SSSR count). The van der Waals surface area contributed by atoms with Crippen molar-refractivity contribution in [1.29, 1.82) is 0 Å². The predicted octanol–water partition coefficient (Wildman–Crippen LogP) is 4.47. The van der Waals surface area contributed by atoms with Crippen molar-refractivity contribution in [1.82, 2.24) is 14.9 Å². The Hall–Kier alpha value is -2.69. The van der Waals surface area contributed by atoms with Gasteiger partial charge in [0.2, 0.25) is 5.91 Å². The standard InChI is InChI=1S/C21H24FN3O/c1-21(2,3)20(15-8-10-16(22)11-9-15)24-19(26)12-13-25-14-23-17-6-4-5-7-18(17)25/h4-11,14,20H,12-13H2,1-3H3,(H,24,26). The number of fused-ring (bicyclic) bond motifs is 1. The highest BCUT2D eigenvalue weighted by Gasteiger charge is 2.27. The van der Waals surface area contributed by atoms with Crippen LogP contribution in [-0.2, 0) is 11.3 Å². The molecule has 0 saturated heterocycles. The summed E-state index contributed by atoms with van der Waals surface area (Å²) in [5, 5.41) is 3.11. The van der Waals surface area contributed by atoms with Gasteiger partial charge in [0.1, 0.15) is 5.82 Å². The fourth-order valence-electron chi connectivity index (χ4n) is 3.10. The van der Waals surface area contributed by atoms with Gasteiger partial charge < -0.3 is 9.88 Å². The SMILES string of the molecule is CC(C)(C)C(NC(=O)CCn1cnc2ccccc21)c1ccc(F)cc1. The fourth-order valence-corrected chi connectivity index (χ4v) is 3.10. The third-order valence-corrected chi connectivity index (χ3v) is 4.48. The number of nitrogens with one attached hydrogen (secondary N) is 1. The number of benzene rings is 2. The van der Waals surface area contributed by atoms with Crippen molar-refractivity contribution in [3.8, 4) is 0 Å². The van der Waals surface area contributed by atoms with Crippen molar-refractivity contribution in [2.24, 2.45) is 5.41 Å². The summed E-state index contributed by atoms with van der Waals surface area (Å²) in [4.78, 5) is 16.9. The first kappa shape index (κ1) is 18.1. The fraction of sp³-hybridized carbons (Fsp3) is 0.333. The van der Waals surface area contributed by atoms with E-state index in [1.807, 2.05) is 28.8 Å². The first-order valence-electron chi connectivity index (χ1n) is 8.79. The lowest BCUT2D eigenvalue weighted by atomic mass is 9.82. The van der Waals surface area contributed by atoms with E-state index < -0.39 is 0 Å². The molecule has 5 heteroatoms. The lowest BCUT2D eigenvalue weighted by molar-refractivity contribution is -0.122. The number of amides is 1. The predicted molar refractivity (Wildman–Crippen MR) is 101 cm³/mol. The van der Waals surface area contributed by atoms with Crippen LogP contribution in [0.5, 0.6) is 0 Å². The van der Waals surface area contributed by atoms with Gasteiger partial charge in [0.15, 0.2) is 0 Å². The maximum atomic E-state index is 13.2. The Morgan fingerprint density at radius 1 is 1.15 bits per heavy atom. The first-order valence-corrected chi connectivity index (χ1v) is 8.79. The van der Waals surface area contributed by atoms with E-state index in [0.717, 1.165) is 16.6 Å². The number of carbonyl (C=O) groups excluding carboxylic acids is 1. The summed E-state index contributed by atoms with van der Waals surface area (Å²) in [6, 6.07) is 14.0. The van der Waals surface area contributed by atoms with Gasteiger partial charge in [0.25, 0.3) is 0 Å². The second-order valence-electron chi connectivity index (χ2n) is 7.59. The number of aromatic nitrogens is 2. The van der Waals surface area contributed by atoms with Crippen LogP contribution in [-0.4, -0.2) is 15.5 Å². The quantitative estimate of drug-likeness (QED) is 0.736. The second kappa shape index (κ2) is 7.28. The Balaban J connectivity index is 1.69. The number of carbonyl (C=O) groups is 1. The molecule has 0 saturated carbocycles. The van der Waals surface area contributed by atoms with E-state index in [2.05, 4.69) is 31.1 Å². The minimum atomic E-state index is -0.278. The van der Waals surface area contributed by atoms with E-state index in [9.17, 15) is 9.18 Å². The van der Waals surface area contributed by atoms with Crippen LogP contribution < -0.4 is 5.32 Å². The molecule has 26 heavy (non-hydrogen) atoms. The molecule has 1 unspecified atom stereocenters. The lowest BCUT2D eigenvalue weighted by Gasteiger charge is -2.32. The number of rotatable bonds is 5. The van der Waals surface area contributed by atoms with Gasteiger partial charge in [-0.3, -0.25) is 4.79 Å². The van der Waals surface area contributed by atoms with Crippen molar-refractivity contribution in [3.63, 3.8) is 0 Å². The van der Waals surface area contributed by atoms with Crippen LogP contribution >= 0.6 is 0 Å². The van der Waals surface area contributed by atoms with Crippen molar-refractivity contribution in [3.05, 3.63) is 66.2 Å². The molecule has 1 N–H and O–H groups in total. The number of nitrogens with zero attached hydrogens (tertiary/aromatic N) is 2. The highest BCUT2D eigenvalue weighted by molar-refractivity contribution is 5.78. The number of halogens is 1. The summed E-state index contributed by atoms with van der Waals surface area (Å²) in [5.74, 6) is -0.313. The molecule has 0 fully saturated rings. The van der Waals surface area contributed by atoms with Gasteiger partial charge >= 0.3 is 0 Å². The molecule has 2 aromatic carbocycles. The van der Waals surface area contributed by atoms with E-state index in [1.54, 1.807) is 18.5 Å². The molecule has 1 amide bonds. The average molecular weight is 353 g/mol. The van der Waals surface area contributed by atoms with Crippen molar-refractivity contribution >= 4 is 16.9 Å². The Morgan fingerprint density at radius 2 is 1.85 bits per heavy atom. The number of para-hydroxylation sites is 2. The molecule has 0 aliphatic heterocycles. The topological polar surface area (TPSA) is 46.9 Å². The maximum Gasteiger partial charge on any atom is 0.222 e. The van der Waals surface area contributed by atoms with Crippen molar-refractivity contribution in [2.75, 3.05) is 0 Å². The Kier molecular flexibility index (Phi) is 5.07. The monoisotopic (exact) mass is 353 g/mol. The molecule has 1 atom stereocenters. The van der Waals surface area contributed by atoms with Gasteiger partial charge in [-0.2, -0.15) is 0 Å². The normalized spacial score (nSPS) is 12.9. The van der Waals surface area contributed by atoms with Crippen LogP contribution in [0.1, 0.15) is 38.8 Å². The van der Waals surface area contributed by atoms with Crippen LogP contribution in [0.15, 0.2) is 54.9 Å². The third kappa shape index (κ3) is 4.10. The molecular formula is C21H24FN3O. The zero-order chi connectivity index (χ0) is 18.7. The highest BCUT2D eigenvalue weighted by Crippen LogP contribution is 2.32. The van der Waals surface area contributed by atoms with E-state index in [4.69, 9.17) is 0 Å². The summed E-state index contributed by atoms with van der Waals surface area (Å²) in [6.07, 6.45) is 2.12. The summed E-state index contributed by atoms with van der Waals surface area (Å²) in [6.45, 7) is 6.74. The van der Waals surface area contributed by atoms with Crippen molar-refractivity contribution in [2.45, 2.75) is 39.8 Å². The Bertz CT molecular complexity index is 894. The molecular weight excluding hydrogens is 329 g/mol. The van der Waals surface area contributed by atoms with Crippen LogP contribution in [0.3, 0.4) is 0 Å². The second-order valence-corrected chi connectivity index (χ2v) is 7.59. The number of imidazole rings is 1. The van der Waals surface area contributed by atoms with Gasteiger partial charge in [-0.15, -0.1) is 0 Å². The van der Waals surface area contributed by atoms with Crippen LogP contribution in [0.25, 0.3) is 11.0 Å². The molecule has 0 aliphatic carbocycles. The molecule has 4 nitrogen and oxygen atoms in total. The molecule has 3 aromatic rings. The van der Waals surface area contributed by atoms with Crippen LogP contribution in [0, 0.1) is 11.2 Å². The van der Waals surface area contributed by atoms with Gasteiger partial charge in [-0.05, 0) is 35.2 Å². The van der Waals surface area contributed by atoms with Crippen molar-refractivity contribution < 1.29 is 9.18 Å². The van der Waals surface area contributed by atoms with Gasteiger partial charge in [0, 0.05) is 13.0 Å². The van der Waals surface area contributed by atoms with E-state index in [0.29, 0.717) is 13.0 Å². The molecule has 0 bridgehead atoms. The molecule has 0 radical (unpaired) electrons. The minimum absolute atomic E-state index is 0.0352. The Morgan fingerprint density at radius 3 is 2.54 bits per heavy atom. The molecule has 136 valence electrons. The molecule has 1 heterocycles. The van der Waals surface area contributed by atoms with E-state index >= 15 is 0 Å². The zero-order valence-corrected chi connectivity index (χ0v) is 15.4. The summed E-state index contributed by atoms with van der Waals surface area (Å²) >= 11 is 0. The average Bonchev–Trinajstić information content (AvgIpc) is 3.01.